The molecule has 0 heterocycles. The van der Waals surface area contributed by atoms with Crippen molar-refractivity contribution < 1.29 is 44.4 Å². The number of thiol groups is 1. The third-order valence-electron chi connectivity index (χ3n) is 0.0698. The Morgan fingerprint density at radius 3 is 2.17 bits per heavy atom. The van der Waals surface area contributed by atoms with E-state index in [0.29, 0.717) is 0 Å². The Morgan fingerprint density at radius 2 is 2.17 bits per heavy atom. The van der Waals surface area contributed by atoms with Gasteiger partial charge in [0.05, 0.1) is 0 Å². The molecule has 0 aromatic carbocycles. The first kappa shape index (κ1) is 10.4. The maximum atomic E-state index is 9.22. The van der Waals surface area contributed by atoms with Gasteiger partial charge in [-0.05, 0) is 3.97 Å². The standard InChI is InChI=1S/Na.HO3PS.H/c;1-4(2)3-5;/h;(H-,1,2,5);/q+1;;-1/p+1. The Balaban J connectivity index is -0.0000000800. The molecular formula is H3NaO3PS+. The minimum atomic E-state index is -2.48. The Hall–Kier alpha value is 1.37. The molecular weight excluding hydrogens is 134 g/mol. The molecule has 6 heteroatoms. The minimum absolute atomic E-state index is 0. The summed E-state index contributed by atoms with van der Waals surface area (Å²) in [5.74, 6) is 0. The molecule has 0 spiro atoms. The normalized spacial score (nSPS) is 9.33. The first-order valence-electron chi connectivity index (χ1n) is 0.748. The molecule has 1 unspecified atom stereocenters. The summed E-state index contributed by atoms with van der Waals surface area (Å²) in [6, 6.07) is 0. The second-order valence-electron chi connectivity index (χ2n) is 0.319. The predicted molar refractivity (Wildman–Crippen MR) is 21.0 cm³/mol. The van der Waals surface area contributed by atoms with E-state index in [2.05, 4.69) is 16.9 Å². The zero-order valence-electron chi connectivity index (χ0n) is 4.16. The SMILES string of the molecule is O=[P+](O)OS.[H-].[Na+]. The van der Waals surface area contributed by atoms with E-state index in [1.54, 1.807) is 0 Å². The molecule has 0 bridgehead atoms. The molecule has 0 aliphatic carbocycles. The van der Waals surface area contributed by atoms with Crippen LogP contribution in [0.1, 0.15) is 1.43 Å². The van der Waals surface area contributed by atoms with Crippen molar-refractivity contribution in [3.05, 3.63) is 0 Å². The van der Waals surface area contributed by atoms with E-state index in [4.69, 9.17) is 4.89 Å². The number of hydrogen-bond donors (Lipinski definition) is 2. The second-order valence-corrected chi connectivity index (χ2v) is 1.45. The minimum Gasteiger partial charge on any atom is -1.00 e. The van der Waals surface area contributed by atoms with Gasteiger partial charge in [-0.2, -0.15) is 0 Å². The average Bonchev–Trinajstić information content (AvgIpc) is 1.38. The summed E-state index contributed by atoms with van der Waals surface area (Å²) >= 11 is 2.98. The summed E-state index contributed by atoms with van der Waals surface area (Å²) in [6.07, 6.45) is 0. The molecule has 0 amide bonds. The average molecular weight is 137 g/mol. The van der Waals surface area contributed by atoms with E-state index in [1.165, 1.54) is 0 Å². The quantitative estimate of drug-likeness (QED) is 0.183. The molecule has 6 heavy (non-hydrogen) atoms. The van der Waals surface area contributed by atoms with Crippen molar-refractivity contribution in [3.63, 3.8) is 0 Å². The van der Waals surface area contributed by atoms with Crippen molar-refractivity contribution in [2.24, 2.45) is 0 Å². The van der Waals surface area contributed by atoms with E-state index in [9.17, 15) is 4.57 Å². The topological polar surface area (TPSA) is 46.5 Å². The molecule has 0 aromatic heterocycles. The van der Waals surface area contributed by atoms with Gasteiger partial charge in [-0.3, -0.25) is 0 Å². The van der Waals surface area contributed by atoms with Gasteiger partial charge in [0, 0.05) is 17.5 Å². The van der Waals surface area contributed by atoms with Crippen molar-refractivity contribution in [2.45, 2.75) is 0 Å². The molecule has 1 atom stereocenters. The number of hydrogen-bond acceptors (Lipinski definition) is 3. The summed E-state index contributed by atoms with van der Waals surface area (Å²) in [6.45, 7) is 0. The van der Waals surface area contributed by atoms with E-state index >= 15 is 0 Å². The summed E-state index contributed by atoms with van der Waals surface area (Å²) < 4.78 is 12.7. The van der Waals surface area contributed by atoms with Crippen LogP contribution in [-0.4, -0.2) is 4.89 Å². The van der Waals surface area contributed by atoms with Crippen LogP contribution in [0.25, 0.3) is 0 Å². The summed E-state index contributed by atoms with van der Waals surface area (Å²) in [5, 5.41) is 0. The van der Waals surface area contributed by atoms with Gasteiger partial charge in [0.15, 0.2) is 0 Å². The molecule has 0 aliphatic rings. The molecule has 1 N–H and O–H groups in total. The monoisotopic (exact) mass is 137 g/mol. The van der Waals surface area contributed by atoms with Gasteiger partial charge in [-0.15, -0.1) is 4.89 Å². The maximum Gasteiger partial charge on any atom is 1.00 e. The maximum absolute atomic E-state index is 9.22. The molecule has 3 nitrogen and oxygen atoms in total. The van der Waals surface area contributed by atoms with Crippen LogP contribution in [0.15, 0.2) is 0 Å². The van der Waals surface area contributed by atoms with Crippen LogP contribution in [0.3, 0.4) is 0 Å². The second kappa shape index (κ2) is 6.37. The first-order valence-corrected chi connectivity index (χ1v) is 2.24. The largest absolute Gasteiger partial charge is 1.00 e. The third-order valence-corrected chi connectivity index (χ3v) is 0.629. The summed E-state index contributed by atoms with van der Waals surface area (Å²) in [4.78, 5) is 7.57. The molecule has 0 saturated heterocycles. The molecule has 0 rings (SSSR count). The first-order chi connectivity index (χ1) is 2.27. The van der Waals surface area contributed by atoms with Crippen LogP contribution in [0.2, 0.25) is 0 Å². The number of rotatable bonds is 1. The van der Waals surface area contributed by atoms with Gasteiger partial charge in [0.2, 0.25) is 0 Å². The van der Waals surface area contributed by atoms with Crippen LogP contribution >= 0.6 is 21.2 Å². The van der Waals surface area contributed by atoms with Crippen molar-refractivity contribution >= 4 is 21.2 Å². The van der Waals surface area contributed by atoms with Crippen LogP contribution in [-0.2, 0) is 8.54 Å². The fourth-order valence-electron chi connectivity index (χ4n) is 0. The van der Waals surface area contributed by atoms with Gasteiger partial charge < -0.3 is 1.43 Å². The van der Waals surface area contributed by atoms with E-state index < -0.39 is 8.25 Å². The Bertz CT molecular complexity index is 50.2. The van der Waals surface area contributed by atoms with Crippen molar-refractivity contribution in [2.75, 3.05) is 0 Å². The van der Waals surface area contributed by atoms with Crippen LogP contribution in [0, 0.1) is 0 Å². The molecule has 0 aromatic rings. The fourth-order valence-corrected chi connectivity index (χ4v) is 0. The van der Waals surface area contributed by atoms with Gasteiger partial charge >= 0.3 is 37.8 Å². The van der Waals surface area contributed by atoms with Gasteiger partial charge in [0.1, 0.15) is 0 Å². The molecule has 0 fully saturated rings. The Morgan fingerprint density at radius 1 is 2.00 bits per heavy atom. The van der Waals surface area contributed by atoms with Crippen molar-refractivity contribution in [1.29, 1.82) is 0 Å². The Labute approximate surface area is 65.4 Å². The summed E-state index contributed by atoms with van der Waals surface area (Å²) in [5.41, 5.74) is 0. The van der Waals surface area contributed by atoms with Crippen LogP contribution < -0.4 is 29.6 Å². The summed E-state index contributed by atoms with van der Waals surface area (Å²) in [7, 11) is -2.48. The zero-order valence-corrected chi connectivity index (χ0v) is 6.95. The van der Waals surface area contributed by atoms with Gasteiger partial charge in [-0.25, -0.2) is 0 Å². The molecule has 0 saturated carbocycles. The molecule has 0 radical (unpaired) electrons. The van der Waals surface area contributed by atoms with Gasteiger partial charge in [0.25, 0.3) is 0 Å². The molecule has 0 aliphatic heterocycles. The molecule has 32 valence electrons. The van der Waals surface area contributed by atoms with E-state index in [0.717, 1.165) is 0 Å². The zero-order chi connectivity index (χ0) is 4.28. The van der Waals surface area contributed by atoms with Crippen molar-refractivity contribution in [3.8, 4) is 0 Å². The van der Waals surface area contributed by atoms with Crippen LogP contribution in [0.5, 0.6) is 0 Å². The van der Waals surface area contributed by atoms with E-state index in [1.807, 2.05) is 0 Å². The van der Waals surface area contributed by atoms with Crippen molar-refractivity contribution in [1.82, 2.24) is 0 Å². The Kier molecular flexibility index (Phi) is 11.0. The smallest absolute Gasteiger partial charge is 1.00 e. The van der Waals surface area contributed by atoms with E-state index in [-0.39, 0.29) is 31.0 Å². The fraction of sp³-hybridized carbons (Fsp3) is 0. The predicted octanol–water partition coefficient (Wildman–Crippen LogP) is -2.39. The van der Waals surface area contributed by atoms with Crippen LogP contribution in [0.4, 0.5) is 0 Å². The third kappa shape index (κ3) is 9.03. The van der Waals surface area contributed by atoms with Gasteiger partial charge in [-0.1, -0.05) is 0 Å².